The summed E-state index contributed by atoms with van der Waals surface area (Å²) in [6.45, 7) is 6.88. The Balaban J connectivity index is 1.96. The van der Waals surface area contributed by atoms with E-state index in [1.165, 1.54) is 0 Å². The summed E-state index contributed by atoms with van der Waals surface area (Å²) in [5, 5.41) is 2.79. The number of carbonyl (C=O) groups excluding carboxylic acids is 2. The van der Waals surface area contributed by atoms with Crippen molar-refractivity contribution in [2.24, 2.45) is 5.92 Å². The zero-order valence-corrected chi connectivity index (χ0v) is 14.7. The van der Waals surface area contributed by atoms with Gasteiger partial charge in [0.1, 0.15) is 5.75 Å². The highest BCUT2D eigenvalue weighted by Gasteiger charge is 2.09. The Kier molecular flexibility index (Phi) is 6.57. The first-order valence-electron chi connectivity index (χ1n) is 8.31. The Hall–Kier alpha value is -2.82. The SMILES string of the molecule is CCOC(=O)c1ccc(NC(=O)c2ccc(OCC(C)C)cc2)cc1. The van der Waals surface area contributed by atoms with Crippen molar-refractivity contribution >= 4 is 17.6 Å². The van der Waals surface area contributed by atoms with Gasteiger partial charge < -0.3 is 14.8 Å². The highest BCUT2D eigenvalue weighted by atomic mass is 16.5. The summed E-state index contributed by atoms with van der Waals surface area (Å²) >= 11 is 0. The summed E-state index contributed by atoms with van der Waals surface area (Å²) in [4.78, 5) is 23.9. The number of nitrogens with one attached hydrogen (secondary N) is 1. The van der Waals surface area contributed by atoms with Crippen LogP contribution in [0.1, 0.15) is 41.5 Å². The van der Waals surface area contributed by atoms with Gasteiger partial charge in [0.15, 0.2) is 0 Å². The molecule has 0 saturated carbocycles. The monoisotopic (exact) mass is 341 g/mol. The number of hydrogen-bond donors (Lipinski definition) is 1. The molecule has 0 unspecified atom stereocenters. The van der Waals surface area contributed by atoms with E-state index in [1.54, 1.807) is 55.5 Å². The predicted molar refractivity (Wildman–Crippen MR) is 97.1 cm³/mol. The molecule has 5 heteroatoms. The molecule has 0 aliphatic carbocycles. The van der Waals surface area contributed by atoms with E-state index in [1.807, 2.05) is 0 Å². The maximum absolute atomic E-state index is 12.3. The van der Waals surface area contributed by atoms with Gasteiger partial charge in [-0.2, -0.15) is 0 Å². The van der Waals surface area contributed by atoms with Gasteiger partial charge in [-0.15, -0.1) is 0 Å². The van der Waals surface area contributed by atoms with E-state index in [0.717, 1.165) is 5.75 Å². The average Bonchev–Trinajstić information content (AvgIpc) is 2.61. The van der Waals surface area contributed by atoms with Gasteiger partial charge in [0.25, 0.3) is 5.91 Å². The number of hydrogen-bond acceptors (Lipinski definition) is 4. The number of anilines is 1. The van der Waals surface area contributed by atoms with Gasteiger partial charge in [0.2, 0.25) is 0 Å². The molecular formula is C20H23NO4. The fourth-order valence-electron chi connectivity index (χ4n) is 2.07. The van der Waals surface area contributed by atoms with Gasteiger partial charge >= 0.3 is 5.97 Å². The van der Waals surface area contributed by atoms with Crippen molar-refractivity contribution in [1.82, 2.24) is 0 Å². The van der Waals surface area contributed by atoms with Crippen molar-refractivity contribution in [3.8, 4) is 5.75 Å². The smallest absolute Gasteiger partial charge is 0.338 e. The molecule has 2 rings (SSSR count). The van der Waals surface area contributed by atoms with E-state index >= 15 is 0 Å². The topological polar surface area (TPSA) is 64.6 Å². The Bertz CT molecular complexity index is 705. The minimum atomic E-state index is -0.377. The second-order valence-corrected chi connectivity index (χ2v) is 5.98. The van der Waals surface area contributed by atoms with E-state index in [-0.39, 0.29) is 11.9 Å². The third kappa shape index (κ3) is 5.64. The van der Waals surface area contributed by atoms with Crippen LogP contribution in [-0.4, -0.2) is 25.1 Å². The van der Waals surface area contributed by atoms with Crippen LogP contribution in [0.5, 0.6) is 5.75 Å². The molecule has 0 bridgehead atoms. The van der Waals surface area contributed by atoms with Crippen molar-refractivity contribution in [3.05, 3.63) is 59.7 Å². The van der Waals surface area contributed by atoms with Crippen LogP contribution in [0.15, 0.2) is 48.5 Å². The molecule has 2 aromatic carbocycles. The molecule has 2 aromatic rings. The zero-order chi connectivity index (χ0) is 18.2. The Morgan fingerprint density at radius 2 is 1.56 bits per heavy atom. The lowest BCUT2D eigenvalue weighted by Crippen LogP contribution is -2.12. The van der Waals surface area contributed by atoms with Crippen LogP contribution in [0.3, 0.4) is 0 Å². The summed E-state index contributed by atoms with van der Waals surface area (Å²) in [6, 6.07) is 13.6. The molecule has 0 radical (unpaired) electrons. The quantitative estimate of drug-likeness (QED) is 0.768. The first kappa shape index (κ1) is 18.5. The number of ether oxygens (including phenoxy) is 2. The molecule has 0 spiro atoms. The molecule has 5 nitrogen and oxygen atoms in total. The number of benzene rings is 2. The molecule has 0 atom stereocenters. The highest BCUT2D eigenvalue weighted by Crippen LogP contribution is 2.16. The lowest BCUT2D eigenvalue weighted by molar-refractivity contribution is 0.0526. The van der Waals surface area contributed by atoms with Gasteiger partial charge in [-0.1, -0.05) is 13.8 Å². The average molecular weight is 341 g/mol. The summed E-state index contributed by atoms with van der Waals surface area (Å²) in [7, 11) is 0. The van der Waals surface area contributed by atoms with Crippen molar-refractivity contribution in [1.29, 1.82) is 0 Å². The van der Waals surface area contributed by atoms with Crippen molar-refractivity contribution in [2.45, 2.75) is 20.8 Å². The number of rotatable bonds is 7. The molecule has 25 heavy (non-hydrogen) atoms. The molecule has 1 N–H and O–H groups in total. The normalized spacial score (nSPS) is 10.4. The molecule has 0 saturated heterocycles. The minimum absolute atomic E-state index is 0.223. The lowest BCUT2D eigenvalue weighted by Gasteiger charge is -2.10. The first-order chi connectivity index (χ1) is 12.0. The zero-order valence-electron chi connectivity index (χ0n) is 14.7. The second-order valence-electron chi connectivity index (χ2n) is 5.98. The van der Waals surface area contributed by atoms with E-state index < -0.39 is 0 Å². The molecule has 132 valence electrons. The molecule has 0 aliphatic rings. The molecule has 0 aliphatic heterocycles. The van der Waals surface area contributed by atoms with Crippen molar-refractivity contribution in [3.63, 3.8) is 0 Å². The van der Waals surface area contributed by atoms with Gasteiger partial charge in [0, 0.05) is 11.3 Å². The number of amides is 1. The van der Waals surface area contributed by atoms with Gasteiger partial charge in [0.05, 0.1) is 18.8 Å². The largest absolute Gasteiger partial charge is 0.493 e. The standard InChI is InChI=1S/C20H23NO4/c1-4-24-20(23)16-5-9-17(10-6-16)21-19(22)15-7-11-18(12-8-15)25-13-14(2)3/h5-12,14H,4,13H2,1-3H3,(H,21,22). The lowest BCUT2D eigenvalue weighted by atomic mass is 10.1. The molecule has 0 fully saturated rings. The Labute approximate surface area is 148 Å². The van der Waals surface area contributed by atoms with E-state index in [9.17, 15) is 9.59 Å². The highest BCUT2D eigenvalue weighted by molar-refractivity contribution is 6.04. The van der Waals surface area contributed by atoms with Crippen LogP contribution in [-0.2, 0) is 4.74 Å². The van der Waals surface area contributed by atoms with Crippen molar-refractivity contribution < 1.29 is 19.1 Å². The van der Waals surface area contributed by atoms with Gasteiger partial charge in [-0.05, 0) is 61.4 Å². The second kappa shape index (κ2) is 8.87. The third-order valence-corrected chi connectivity index (χ3v) is 3.35. The fourth-order valence-corrected chi connectivity index (χ4v) is 2.07. The van der Waals surface area contributed by atoms with Crippen LogP contribution in [0.4, 0.5) is 5.69 Å². The van der Waals surface area contributed by atoms with E-state index in [2.05, 4.69) is 19.2 Å². The first-order valence-corrected chi connectivity index (χ1v) is 8.31. The van der Waals surface area contributed by atoms with Crippen LogP contribution in [0.2, 0.25) is 0 Å². The Morgan fingerprint density at radius 3 is 2.12 bits per heavy atom. The minimum Gasteiger partial charge on any atom is -0.493 e. The summed E-state index contributed by atoms with van der Waals surface area (Å²) < 4.78 is 10.5. The van der Waals surface area contributed by atoms with E-state index in [4.69, 9.17) is 9.47 Å². The fraction of sp³-hybridized carbons (Fsp3) is 0.300. The molecule has 1 amide bonds. The number of esters is 1. The predicted octanol–water partition coefficient (Wildman–Crippen LogP) is 4.15. The van der Waals surface area contributed by atoms with Crippen LogP contribution in [0, 0.1) is 5.92 Å². The number of carbonyl (C=O) groups is 2. The maximum atomic E-state index is 12.3. The van der Waals surface area contributed by atoms with Crippen LogP contribution in [0.25, 0.3) is 0 Å². The third-order valence-electron chi connectivity index (χ3n) is 3.35. The summed E-state index contributed by atoms with van der Waals surface area (Å²) in [5.74, 6) is 0.584. The Morgan fingerprint density at radius 1 is 0.960 bits per heavy atom. The molecular weight excluding hydrogens is 318 g/mol. The van der Waals surface area contributed by atoms with Gasteiger partial charge in [-0.25, -0.2) is 4.79 Å². The maximum Gasteiger partial charge on any atom is 0.338 e. The summed E-state index contributed by atoms with van der Waals surface area (Å²) in [5.41, 5.74) is 1.59. The van der Waals surface area contributed by atoms with Gasteiger partial charge in [-0.3, -0.25) is 4.79 Å². The van der Waals surface area contributed by atoms with Crippen LogP contribution >= 0.6 is 0 Å². The van der Waals surface area contributed by atoms with E-state index in [0.29, 0.717) is 35.9 Å². The summed E-state index contributed by atoms with van der Waals surface area (Å²) in [6.07, 6.45) is 0. The van der Waals surface area contributed by atoms with Crippen molar-refractivity contribution in [2.75, 3.05) is 18.5 Å². The van der Waals surface area contributed by atoms with Crippen LogP contribution < -0.4 is 10.1 Å². The molecule has 0 heterocycles. The molecule has 0 aromatic heterocycles.